The van der Waals surface area contributed by atoms with Crippen molar-refractivity contribution >= 4 is 0 Å². The summed E-state index contributed by atoms with van der Waals surface area (Å²) in [6, 6.07) is 0. The van der Waals surface area contributed by atoms with Crippen LogP contribution in [0.2, 0.25) is 0 Å². The molecule has 144 valence electrons. The normalized spacial score (nSPS) is 56.0. The number of aliphatic hydroxyl groups is 5. The minimum atomic E-state index is -1.33. The van der Waals surface area contributed by atoms with Crippen molar-refractivity contribution in [1.29, 1.82) is 0 Å². The summed E-state index contributed by atoms with van der Waals surface area (Å²) in [4.78, 5) is 0. The Hall–Kier alpha value is -0.900. The molecule has 0 unspecified atom stereocenters. The Morgan fingerprint density at radius 3 is 2.46 bits per heavy atom. The maximum atomic E-state index is 11.0. The number of fused-ring (bicyclic) bond motifs is 5. The standard InChI is InChI=1S/C21H30O5/c1-3-21(26)9-5-13-17-12(4-8-20(13,21)11-22)19(2)7-6-15(23)18(25)14(19)10-16(17)24/h1,10,12-13,15-18,22-26H,4-9,11H2,2H3/t12-,13-,15-,16+,17+,18-,19+,20+,21-/m0/s1. The second-order valence-electron chi connectivity index (χ2n) is 9.27. The number of hydrogen-bond acceptors (Lipinski definition) is 5. The molecule has 5 N–H and O–H groups in total. The summed E-state index contributed by atoms with van der Waals surface area (Å²) in [6.07, 6.45) is 8.70. The van der Waals surface area contributed by atoms with E-state index in [9.17, 15) is 25.5 Å². The Morgan fingerprint density at radius 1 is 1.12 bits per heavy atom. The largest absolute Gasteiger partial charge is 0.396 e. The Balaban J connectivity index is 1.78. The quantitative estimate of drug-likeness (QED) is 0.347. The molecule has 0 saturated heterocycles. The molecule has 0 aromatic heterocycles. The first-order valence-electron chi connectivity index (χ1n) is 9.81. The van der Waals surface area contributed by atoms with Crippen LogP contribution >= 0.6 is 0 Å². The van der Waals surface area contributed by atoms with Gasteiger partial charge in [-0.1, -0.05) is 18.9 Å². The van der Waals surface area contributed by atoms with E-state index >= 15 is 0 Å². The van der Waals surface area contributed by atoms with Crippen LogP contribution in [0.25, 0.3) is 0 Å². The lowest BCUT2D eigenvalue weighted by Gasteiger charge is -2.60. The molecule has 0 aromatic carbocycles. The topological polar surface area (TPSA) is 101 Å². The van der Waals surface area contributed by atoms with Crippen molar-refractivity contribution < 1.29 is 25.5 Å². The van der Waals surface area contributed by atoms with Crippen molar-refractivity contribution in [2.24, 2.45) is 28.6 Å². The minimum absolute atomic E-state index is 0.0547. The fourth-order valence-electron chi connectivity index (χ4n) is 7.08. The monoisotopic (exact) mass is 362 g/mol. The highest BCUT2D eigenvalue weighted by Gasteiger charge is 2.67. The van der Waals surface area contributed by atoms with Gasteiger partial charge < -0.3 is 25.5 Å². The second-order valence-corrected chi connectivity index (χ2v) is 9.27. The first-order chi connectivity index (χ1) is 12.2. The van der Waals surface area contributed by atoms with E-state index < -0.39 is 29.3 Å². The smallest absolute Gasteiger partial charge is 0.133 e. The lowest BCUT2D eigenvalue weighted by atomic mass is 9.46. The summed E-state index contributed by atoms with van der Waals surface area (Å²) in [7, 11) is 0. The highest BCUT2D eigenvalue weighted by molar-refractivity contribution is 5.33. The average Bonchev–Trinajstić information content (AvgIpc) is 2.94. The molecule has 4 aliphatic carbocycles. The van der Waals surface area contributed by atoms with E-state index in [2.05, 4.69) is 12.8 Å². The fourth-order valence-corrected chi connectivity index (χ4v) is 7.08. The second kappa shape index (κ2) is 5.80. The SMILES string of the molecule is C#C[C@]1(O)CC[C@H]2[C@@H]3[C@H](O)C=C4[C@H](O)[C@@H](O)CC[C@]4(C)[C@H]3CC[C@@]21CO. The van der Waals surface area contributed by atoms with Gasteiger partial charge in [-0.25, -0.2) is 0 Å². The number of hydrogen-bond donors (Lipinski definition) is 5. The Labute approximate surface area is 154 Å². The van der Waals surface area contributed by atoms with Gasteiger partial charge in [0.25, 0.3) is 0 Å². The van der Waals surface area contributed by atoms with Crippen LogP contribution in [0.1, 0.15) is 45.4 Å². The van der Waals surface area contributed by atoms with E-state index in [0.29, 0.717) is 25.7 Å². The molecule has 4 aliphatic rings. The van der Waals surface area contributed by atoms with Gasteiger partial charge in [-0.2, -0.15) is 0 Å². The van der Waals surface area contributed by atoms with Crippen molar-refractivity contribution in [1.82, 2.24) is 0 Å². The fraction of sp³-hybridized carbons (Fsp3) is 0.810. The molecule has 5 nitrogen and oxygen atoms in total. The molecule has 3 fully saturated rings. The van der Waals surface area contributed by atoms with Crippen LogP contribution in [-0.4, -0.2) is 56.1 Å². The van der Waals surface area contributed by atoms with E-state index in [4.69, 9.17) is 6.42 Å². The predicted octanol–water partition coefficient (Wildman–Crippen LogP) is 0.588. The molecule has 0 heterocycles. The highest BCUT2D eigenvalue weighted by atomic mass is 16.3. The zero-order valence-electron chi connectivity index (χ0n) is 15.3. The molecular formula is C21H30O5. The maximum Gasteiger partial charge on any atom is 0.133 e. The van der Waals surface area contributed by atoms with E-state index in [1.807, 2.05) is 0 Å². The number of rotatable bonds is 1. The lowest BCUT2D eigenvalue weighted by Crippen LogP contribution is -2.61. The van der Waals surface area contributed by atoms with Gasteiger partial charge in [0.15, 0.2) is 0 Å². The maximum absolute atomic E-state index is 11.0. The molecule has 0 spiro atoms. The van der Waals surface area contributed by atoms with Crippen LogP contribution in [0, 0.1) is 40.9 Å². The van der Waals surface area contributed by atoms with Crippen LogP contribution in [0.3, 0.4) is 0 Å². The van der Waals surface area contributed by atoms with Gasteiger partial charge in [0.2, 0.25) is 0 Å². The molecule has 5 heteroatoms. The predicted molar refractivity (Wildman–Crippen MR) is 95.7 cm³/mol. The Kier molecular flexibility index (Phi) is 4.12. The molecule has 3 saturated carbocycles. The first-order valence-corrected chi connectivity index (χ1v) is 9.81. The van der Waals surface area contributed by atoms with Gasteiger partial charge in [-0.3, -0.25) is 0 Å². The van der Waals surface area contributed by atoms with Gasteiger partial charge in [0.05, 0.1) is 18.8 Å². The molecule has 0 aliphatic heterocycles. The van der Waals surface area contributed by atoms with E-state index in [1.165, 1.54) is 0 Å². The van der Waals surface area contributed by atoms with Crippen LogP contribution in [-0.2, 0) is 0 Å². The van der Waals surface area contributed by atoms with Gasteiger partial charge in [-0.05, 0) is 67.3 Å². The number of aliphatic hydroxyl groups excluding tert-OH is 4. The van der Waals surface area contributed by atoms with Crippen LogP contribution in [0.4, 0.5) is 0 Å². The van der Waals surface area contributed by atoms with Crippen molar-refractivity contribution in [2.45, 2.75) is 69.4 Å². The molecule has 0 amide bonds. The Bertz CT molecular complexity index is 668. The zero-order valence-corrected chi connectivity index (χ0v) is 15.3. The van der Waals surface area contributed by atoms with Crippen molar-refractivity contribution in [2.75, 3.05) is 6.61 Å². The third kappa shape index (κ3) is 2.05. The van der Waals surface area contributed by atoms with Crippen molar-refractivity contribution in [3.05, 3.63) is 11.6 Å². The molecule has 0 aromatic rings. The highest BCUT2D eigenvalue weighted by Crippen LogP contribution is 2.67. The molecule has 0 bridgehead atoms. The summed E-state index contributed by atoms with van der Waals surface area (Å²) in [5.74, 6) is 2.53. The average molecular weight is 362 g/mol. The van der Waals surface area contributed by atoms with Crippen molar-refractivity contribution in [3.63, 3.8) is 0 Å². The third-order valence-electron chi connectivity index (χ3n) is 8.57. The summed E-state index contributed by atoms with van der Waals surface area (Å²) in [6.45, 7) is 1.95. The van der Waals surface area contributed by atoms with Gasteiger partial charge in [-0.15, -0.1) is 6.42 Å². The van der Waals surface area contributed by atoms with Gasteiger partial charge >= 0.3 is 0 Å². The molecule has 0 radical (unpaired) electrons. The Morgan fingerprint density at radius 2 is 1.81 bits per heavy atom. The van der Waals surface area contributed by atoms with Crippen molar-refractivity contribution in [3.8, 4) is 12.3 Å². The summed E-state index contributed by atoms with van der Waals surface area (Å²) in [5.41, 5.74) is -1.62. The van der Waals surface area contributed by atoms with E-state index in [-0.39, 0.29) is 29.8 Å². The van der Waals surface area contributed by atoms with E-state index in [0.717, 1.165) is 18.4 Å². The zero-order chi connectivity index (χ0) is 18.9. The molecule has 4 rings (SSSR count). The van der Waals surface area contributed by atoms with Crippen LogP contribution in [0.5, 0.6) is 0 Å². The van der Waals surface area contributed by atoms with E-state index in [1.54, 1.807) is 6.08 Å². The summed E-state index contributed by atoms with van der Waals surface area (Å²) >= 11 is 0. The summed E-state index contributed by atoms with van der Waals surface area (Å²) < 4.78 is 0. The minimum Gasteiger partial charge on any atom is -0.396 e. The molecule has 9 atom stereocenters. The first kappa shape index (κ1) is 18.5. The van der Waals surface area contributed by atoms with Gasteiger partial charge in [0, 0.05) is 5.41 Å². The van der Waals surface area contributed by atoms with Crippen LogP contribution < -0.4 is 0 Å². The lowest BCUT2D eigenvalue weighted by molar-refractivity contribution is -0.154. The van der Waals surface area contributed by atoms with Gasteiger partial charge in [0.1, 0.15) is 11.7 Å². The summed E-state index contributed by atoms with van der Waals surface area (Å²) in [5, 5.41) is 52.8. The number of terminal acetylenes is 1. The van der Waals surface area contributed by atoms with Crippen LogP contribution in [0.15, 0.2) is 11.6 Å². The molecule has 26 heavy (non-hydrogen) atoms. The molecular weight excluding hydrogens is 332 g/mol. The third-order valence-corrected chi connectivity index (χ3v) is 8.57.